The topological polar surface area (TPSA) is 54.2 Å². The van der Waals surface area contributed by atoms with E-state index in [1.165, 1.54) is 12.8 Å². The molecule has 1 fully saturated rings. The molecule has 2 heterocycles. The molecule has 1 aliphatic rings. The number of rotatable bonds is 5. The molecule has 0 unspecified atom stereocenters. The lowest BCUT2D eigenvalue weighted by molar-refractivity contribution is 0.147. The van der Waals surface area contributed by atoms with E-state index in [1.54, 1.807) is 0 Å². The summed E-state index contributed by atoms with van der Waals surface area (Å²) in [6.45, 7) is 14.9. The lowest BCUT2D eigenvalue weighted by Gasteiger charge is -2.31. The van der Waals surface area contributed by atoms with E-state index in [0.29, 0.717) is 6.04 Å². The Labute approximate surface area is 128 Å². The van der Waals surface area contributed by atoms with Crippen molar-refractivity contribution in [2.24, 2.45) is 5.92 Å². The van der Waals surface area contributed by atoms with E-state index in [-0.39, 0.29) is 5.41 Å². The van der Waals surface area contributed by atoms with E-state index < -0.39 is 0 Å². The molecule has 0 spiro atoms. The molecule has 1 aromatic rings. The van der Waals surface area contributed by atoms with E-state index in [1.807, 2.05) is 0 Å². The lowest BCUT2D eigenvalue weighted by atomic mass is 9.97. The van der Waals surface area contributed by atoms with Crippen LogP contribution in [0.15, 0.2) is 4.42 Å². The minimum Gasteiger partial charge on any atom is -0.423 e. The average Bonchev–Trinajstić information content (AvgIpc) is 2.87. The maximum absolute atomic E-state index is 5.84. The Balaban J connectivity index is 1.97. The van der Waals surface area contributed by atoms with Gasteiger partial charge in [0.15, 0.2) is 0 Å². The molecular weight excluding hydrogens is 264 g/mol. The largest absolute Gasteiger partial charge is 0.423 e. The van der Waals surface area contributed by atoms with Crippen molar-refractivity contribution in [1.82, 2.24) is 20.4 Å². The molecule has 0 aromatic carbocycles. The van der Waals surface area contributed by atoms with Gasteiger partial charge in [0.1, 0.15) is 0 Å². The number of nitrogens with zero attached hydrogens (tertiary/aromatic N) is 3. The van der Waals surface area contributed by atoms with Gasteiger partial charge >= 0.3 is 0 Å². The summed E-state index contributed by atoms with van der Waals surface area (Å²) in [4.78, 5) is 2.45. The second-order valence-electron chi connectivity index (χ2n) is 7.47. The van der Waals surface area contributed by atoms with Gasteiger partial charge in [0.25, 0.3) is 0 Å². The van der Waals surface area contributed by atoms with Gasteiger partial charge in [-0.05, 0) is 45.7 Å². The zero-order valence-electron chi connectivity index (χ0n) is 14.1. The molecule has 21 heavy (non-hydrogen) atoms. The molecule has 1 aromatic heterocycles. The number of nitrogens with one attached hydrogen (secondary N) is 1. The summed E-state index contributed by atoms with van der Waals surface area (Å²) in [6.07, 6.45) is 2.53. The summed E-state index contributed by atoms with van der Waals surface area (Å²) >= 11 is 0. The Hall–Kier alpha value is -0.940. The minimum atomic E-state index is -0.0804. The normalized spacial score (nSPS) is 17.9. The van der Waals surface area contributed by atoms with E-state index >= 15 is 0 Å². The summed E-state index contributed by atoms with van der Waals surface area (Å²) in [5, 5.41) is 11.8. The van der Waals surface area contributed by atoms with Crippen molar-refractivity contribution < 1.29 is 4.42 Å². The molecule has 0 aliphatic carbocycles. The fourth-order valence-corrected chi connectivity index (χ4v) is 2.65. The summed E-state index contributed by atoms with van der Waals surface area (Å²) in [5.74, 6) is 2.24. The van der Waals surface area contributed by atoms with Gasteiger partial charge < -0.3 is 9.73 Å². The summed E-state index contributed by atoms with van der Waals surface area (Å²) in [5.41, 5.74) is -0.0804. The second kappa shape index (κ2) is 6.88. The standard InChI is InChI=1S/C16H30N4O/c1-12(2)20(10-13-6-8-17-9-7-13)11-14-18-19-15(21-14)16(3,4)5/h12-13,17H,6-11H2,1-5H3. The van der Waals surface area contributed by atoms with Crippen LogP contribution in [0, 0.1) is 5.92 Å². The third kappa shape index (κ3) is 4.78. The van der Waals surface area contributed by atoms with Gasteiger partial charge in [0.05, 0.1) is 6.54 Å². The highest BCUT2D eigenvalue weighted by Gasteiger charge is 2.24. The van der Waals surface area contributed by atoms with Gasteiger partial charge in [0.2, 0.25) is 11.8 Å². The zero-order valence-corrected chi connectivity index (χ0v) is 14.1. The van der Waals surface area contributed by atoms with Crippen LogP contribution >= 0.6 is 0 Å². The fourth-order valence-electron chi connectivity index (χ4n) is 2.65. The molecule has 0 radical (unpaired) electrons. The van der Waals surface area contributed by atoms with Gasteiger partial charge in [-0.1, -0.05) is 20.8 Å². The summed E-state index contributed by atoms with van der Waals surface area (Å²) < 4.78 is 5.84. The van der Waals surface area contributed by atoms with Gasteiger partial charge in [-0.3, -0.25) is 4.90 Å². The van der Waals surface area contributed by atoms with E-state index in [9.17, 15) is 0 Å². The van der Waals surface area contributed by atoms with Crippen molar-refractivity contribution in [3.63, 3.8) is 0 Å². The quantitative estimate of drug-likeness (QED) is 0.904. The van der Waals surface area contributed by atoms with Crippen molar-refractivity contribution in [2.45, 2.75) is 65.5 Å². The Morgan fingerprint density at radius 1 is 1.24 bits per heavy atom. The molecule has 1 N–H and O–H groups in total. The van der Waals surface area contributed by atoms with Crippen LogP contribution in [0.3, 0.4) is 0 Å². The van der Waals surface area contributed by atoms with Crippen molar-refractivity contribution in [1.29, 1.82) is 0 Å². The molecule has 0 atom stereocenters. The highest BCUT2D eigenvalue weighted by molar-refractivity contribution is 4.96. The van der Waals surface area contributed by atoms with Gasteiger partial charge in [-0.2, -0.15) is 0 Å². The average molecular weight is 294 g/mol. The van der Waals surface area contributed by atoms with Crippen molar-refractivity contribution in [3.8, 4) is 0 Å². The Bertz CT molecular complexity index is 430. The SMILES string of the molecule is CC(C)N(Cc1nnc(C(C)(C)C)o1)CC1CCNCC1. The molecule has 2 rings (SSSR count). The van der Waals surface area contributed by atoms with E-state index in [0.717, 1.165) is 43.9 Å². The number of piperidine rings is 1. The van der Waals surface area contributed by atoms with Crippen molar-refractivity contribution >= 4 is 0 Å². The van der Waals surface area contributed by atoms with Crippen LogP contribution in [0.25, 0.3) is 0 Å². The van der Waals surface area contributed by atoms with Gasteiger partial charge in [-0.25, -0.2) is 0 Å². The highest BCUT2D eigenvalue weighted by Crippen LogP contribution is 2.22. The molecule has 0 amide bonds. The first-order valence-corrected chi connectivity index (χ1v) is 8.14. The lowest BCUT2D eigenvalue weighted by Crippen LogP contribution is -2.39. The van der Waals surface area contributed by atoms with E-state index in [4.69, 9.17) is 4.42 Å². The fraction of sp³-hybridized carbons (Fsp3) is 0.875. The molecule has 1 aliphatic heterocycles. The van der Waals surface area contributed by atoms with Crippen molar-refractivity contribution in [3.05, 3.63) is 11.8 Å². The highest BCUT2D eigenvalue weighted by atomic mass is 16.4. The van der Waals surface area contributed by atoms with Crippen molar-refractivity contribution in [2.75, 3.05) is 19.6 Å². The van der Waals surface area contributed by atoms with Crippen LogP contribution in [0.5, 0.6) is 0 Å². The zero-order chi connectivity index (χ0) is 15.5. The molecule has 5 nitrogen and oxygen atoms in total. The van der Waals surface area contributed by atoms with E-state index in [2.05, 4.69) is 55.0 Å². The Kier molecular flexibility index (Phi) is 5.38. The molecular formula is C16H30N4O. The number of aromatic nitrogens is 2. The Morgan fingerprint density at radius 2 is 1.90 bits per heavy atom. The summed E-state index contributed by atoms with van der Waals surface area (Å²) in [6, 6.07) is 0.491. The van der Waals surface area contributed by atoms with Crippen LogP contribution < -0.4 is 5.32 Å². The smallest absolute Gasteiger partial charge is 0.230 e. The molecule has 0 bridgehead atoms. The minimum absolute atomic E-state index is 0.0804. The molecule has 120 valence electrons. The first-order chi connectivity index (χ1) is 9.86. The third-order valence-corrected chi connectivity index (χ3v) is 4.13. The van der Waals surface area contributed by atoms with Crippen LogP contribution in [0.4, 0.5) is 0 Å². The molecule has 0 saturated carbocycles. The third-order valence-electron chi connectivity index (χ3n) is 4.13. The number of hydrogen-bond acceptors (Lipinski definition) is 5. The van der Waals surface area contributed by atoms with Crippen LogP contribution in [-0.4, -0.2) is 40.8 Å². The predicted molar refractivity (Wildman–Crippen MR) is 84.1 cm³/mol. The molecule has 5 heteroatoms. The maximum Gasteiger partial charge on any atom is 0.230 e. The van der Waals surface area contributed by atoms with Gasteiger partial charge in [0, 0.05) is 18.0 Å². The number of hydrogen-bond donors (Lipinski definition) is 1. The van der Waals surface area contributed by atoms with Crippen LogP contribution in [0.2, 0.25) is 0 Å². The van der Waals surface area contributed by atoms with Crippen LogP contribution in [-0.2, 0) is 12.0 Å². The second-order valence-corrected chi connectivity index (χ2v) is 7.47. The Morgan fingerprint density at radius 3 is 2.43 bits per heavy atom. The maximum atomic E-state index is 5.84. The molecule has 1 saturated heterocycles. The monoisotopic (exact) mass is 294 g/mol. The van der Waals surface area contributed by atoms with Gasteiger partial charge in [-0.15, -0.1) is 10.2 Å². The van der Waals surface area contributed by atoms with Crippen LogP contribution in [0.1, 0.15) is 59.2 Å². The first kappa shape index (κ1) is 16.4. The first-order valence-electron chi connectivity index (χ1n) is 8.14. The summed E-state index contributed by atoms with van der Waals surface area (Å²) in [7, 11) is 0. The predicted octanol–water partition coefficient (Wildman–Crippen LogP) is 2.58.